The number of aryl methyl sites for hydroxylation is 1. The number of nitrogens with zero attached hydrogens (tertiary/aromatic N) is 2. The van der Waals surface area contributed by atoms with E-state index < -0.39 is 0 Å². The third-order valence-electron chi connectivity index (χ3n) is 6.25. The summed E-state index contributed by atoms with van der Waals surface area (Å²) in [6.07, 6.45) is 4.43. The van der Waals surface area contributed by atoms with E-state index in [2.05, 4.69) is 48.1 Å². The van der Waals surface area contributed by atoms with Crippen molar-refractivity contribution in [3.05, 3.63) is 53.3 Å². The van der Waals surface area contributed by atoms with Gasteiger partial charge in [-0.1, -0.05) is 19.9 Å². The second kappa shape index (κ2) is 9.69. The maximum absolute atomic E-state index is 12.5. The minimum Gasteiger partial charge on any atom is -0.454 e. The molecule has 4 rings (SSSR count). The van der Waals surface area contributed by atoms with E-state index >= 15 is 0 Å². The van der Waals surface area contributed by atoms with Crippen molar-refractivity contribution in [2.75, 3.05) is 19.9 Å². The minimum atomic E-state index is -0.0260. The van der Waals surface area contributed by atoms with E-state index in [9.17, 15) is 4.79 Å². The molecule has 0 spiro atoms. The van der Waals surface area contributed by atoms with Gasteiger partial charge < -0.3 is 14.8 Å². The molecule has 1 atom stereocenters. The highest BCUT2D eigenvalue weighted by molar-refractivity contribution is 5.76. The lowest BCUT2D eigenvalue weighted by atomic mass is 9.86. The van der Waals surface area contributed by atoms with Gasteiger partial charge in [0, 0.05) is 19.2 Å². The maximum atomic E-state index is 12.5. The Kier molecular flexibility index (Phi) is 6.76. The van der Waals surface area contributed by atoms with Gasteiger partial charge in [-0.3, -0.25) is 14.7 Å². The molecule has 1 unspecified atom stereocenters. The number of hydrogen-bond donors (Lipinski definition) is 1. The third-order valence-corrected chi connectivity index (χ3v) is 6.25. The van der Waals surface area contributed by atoms with Crippen LogP contribution < -0.4 is 14.8 Å². The monoisotopic (exact) mass is 423 g/mol. The van der Waals surface area contributed by atoms with Crippen LogP contribution in [0.5, 0.6) is 11.5 Å². The zero-order chi connectivity index (χ0) is 21.8. The van der Waals surface area contributed by atoms with Crippen LogP contribution in [0.15, 0.2) is 36.5 Å². The van der Waals surface area contributed by atoms with Gasteiger partial charge in [-0.2, -0.15) is 0 Å². The molecule has 2 aliphatic heterocycles. The molecule has 3 heterocycles. The summed E-state index contributed by atoms with van der Waals surface area (Å²) in [5.41, 5.74) is 3.48. The van der Waals surface area contributed by atoms with Crippen LogP contribution in [0.4, 0.5) is 0 Å². The fourth-order valence-corrected chi connectivity index (χ4v) is 4.54. The molecule has 0 saturated carbocycles. The number of amides is 1. The first-order valence-corrected chi connectivity index (χ1v) is 11.3. The number of aromatic nitrogens is 1. The van der Waals surface area contributed by atoms with Crippen LogP contribution in [-0.2, 0) is 11.3 Å². The number of hydrogen-bond acceptors (Lipinski definition) is 5. The number of fused-ring (bicyclic) bond motifs is 1. The van der Waals surface area contributed by atoms with Crippen LogP contribution in [0, 0.1) is 18.8 Å². The number of benzene rings is 1. The second-order valence-corrected chi connectivity index (χ2v) is 9.14. The number of likely N-dealkylation sites (tertiary alicyclic amines) is 1. The average Bonchev–Trinajstić information content (AvgIpc) is 3.20. The van der Waals surface area contributed by atoms with Gasteiger partial charge in [-0.05, 0) is 80.1 Å². The van der Waals surface area contributed by atoms with Crippen molar-refractivity contribution in [3.8, 4) is 11.5 Å². The van der Waals surface area contributed by atoms with E-state index in [1.54, 1.807) is 0 Å². The lowest BCUT2D eigenvalue weighted by molar-refractivity contribution is -0.123. The summed E-state index contributed by atoms with van der Waals surface area (Å²) in [7, 11) is 0. The molecular weight excluding hydrogens is 390 g/mol. The van der Waals surface area contributed by atoms with Crippen LogP contribution in [-0.4, -0.2) is 35.7 Å². The first-order chi connectivity index (χ1) is 15.0. The summed E-state index contributed by atoms with van der Waals surface area (Å²) in [6.45, 7) is 9.50. The van der Waals surface area contributed by atoms with Crippen molar-refractivity contribution in [3.63, 3.8) is 0 Å². The Bertz CT molecular complexity index is 892. The third kappa shape index (κ3) is 5.37. The Labute approximate surface area is 185 Å². The zero-order valence-corrected chi connectivity index (χ0v) is 18.8. The molecule has 2 aromatic rings. The number of nitrogens with one attached hydrogen (secondary N) is 1. The molecule has 2 aliphatic rings. The molecule has 1 fully saturated rings. The quantitative estimate of drug-likeness (QED) is 0.722. The molecule has 1 amide bonds. The summed E-state index contributed by atoms with van der Waals surface area (Å²) >= 11 is 0. The molecule has 0 radical (unpaired) electrons. The van der Waals surface area contributed by atoms with E-state index in [1.165, 1.54) is 11.1 Å². The van der Waals surface area contributed by atoms with Gasteiger partial charge in [0.15, 0.2) is 11.5 Å². The van der Waals surface area contributed by atoms with Crippen molar-refractivity contribution in [1.82, 2.24) is 15.2 Å². The van der Waals surface area contributed by atoms with Gasteiger partial charge in [0.1, 0.15) is 0 Å². The van der Waals surface area contributed by atoms with Crippen LogP contribution >= 0.6 is 0 Å². The van der Waals surface area contributed by atoms with Crippen molar-refractivity contribution in [2.45, 2.75) is 52.6 Å². The summed E-state index contributed by atoms with van der Waals surface area (Å²) in [5.74, 6) is 2.54. The Hall–Kier alpha value is -2.60. The molecule has 6 nitrogen and oxygen atoms in total. The maximum Gasteiger partial charge on any atom is 0.231 e. The predicted molar refractivity (Wildman–Crippen MR) is 120 cm³/mol. The zero-order valence-electron chi connectivity index (χ0n) is 18.8. The molecule has 1 aromatic heterocycles. The Balaban J connectivity index is 1.40. The topological polar surface area (TPSA) is 63.7 Å². The molecular formula is C25H33N3O3. The van der Waals surface area contributed by atoms with Gasteiger partial charge in [-0.25, -0.2) is 0 Å². The summed E-state index contributed by atoms with van der Waals surface area (Å²) < 4.78 is 11.0. The molecule has 1 saturated heterocycles. The molecule has 0 bridgehead atoms. The van der Waals surface area contributed by atoms with Gasteiger partial charge in [0.25, 0.3) is 0 Å². The van der Waals surface area contributed by atoms with E-state index in [0.717, 1.165) is 49.7 Å². The van der Waals surface area contributed by atoms with Gasteiger partial charge in [0.2, 0.25) is 12.7 Å². The smallest absolute Gasteiger partial charge is 0.231 e. The number of pyridine rings is 1. The first kappa shape index (κ1) is 21.6. The molecule has 166 valence electrons. The second-order valence-electron chi connectivity index (χ2n) is 9.14. The highest BCUT2D eigenvalue weighted by Gasteiger charge is 2.30. The van der Waals surface area contributed by atoms with Crippen molar-refractivity contribution in [1.29, 1.82) is 0 Å². The molecule has 1 N–H and O–H groups in total. The van der Waals surface area contributed by atoms with Crippen LogP contribution in [0.2, 0.25) is 0 Å². The van der Waals surface area contributed by atoms with Crippen LogP contribution in [0.3, 0.4) is 0 Å². The lowest BCUT2D eigenvalue weighted by Gasteiger charge is -2.36. The minimum absolute atomic E-state index is 0.0260. The van der Waals surface area contributed by atoms with E-state index in [-0.39, 0.29) is 11.9 Å². The highest BCUT2D eigenvalue weighted by Crippen LogP contribution is 2.36. The lowest BCUT2D eigenvalue weighted by Crippen LogP contribution is -2.41. The van der Waals surface area contributed by atoms with Gasteiger partial charge in [-0.15, -0.1) is 0 Å². The standard InChI is InChI=1S/C25H33N3O3/c1-17(2)12-24(29)27-25(21-6-4-5-9-26-21)19-7-10-28(11-8-19)15-20-14-23-22(13-18(20)3)30-16-31-23/h4-6,9,13-14,17,19,25H,7-8,10-12,15-16H2,1-3H3,(H,27,29). The van der Waals surface area contributed by atoms with E-state index in [1.807, 2.05) is 24.4 Å². The van der Waals surface area contributed by atoms with Crippen molar-refractivity contribution in [2.24, 2.45) is 11.8 Å². The van der Waals surface area contributed by atoms with Crippen molar-refractivity contribution < 1.29 is 14.3 Å². The first-order valence-electron chi connectivity index (χ1n) is 11.3. The number of carbonyl (C=O) groups is 1. The summed E-state index contributed by atoms with van der Waals surface area (Å²) in [5, 5.41) is 3.29. The molecule has 1 aromatic carbocycles. The average molecular weight is 424 g/mol. The van der Waals surface area contributed by atoms with Crippen molar-refractivity contribution >= 4 is 5.91 Å². The van der Waals surface area contributed by atoms with Crippen LogP contribution in [0.25, 0.3) is 0 Å². The number of rotatable bonds is 7. The normalized spacial score (nSPS) is 17.7. The molecule has 0 aliphatic carbocycles. The predicted octanol–water partition coefficient (Wildman–Crippen LogP) is 4.23. The molecule has 6 heteroatoms. The Morgan fingerprint density at radius 3 is 2.61 bits per heavy atom. The molecule has 31 heavy (non-hydrogen) atoms. The fourth-order valence-electron chi connectivity index (χ4n) is 4.54. The fraction of sp³-hybridized carbons (Fsp3) is 0.520. The van der Waals surface area contributed by atoms with Gasteiger partial charge >= 0.3 is 0 Å². The van der Waals surface area contributed by atoms with Crippen LogP contribution in [0.1, 0.15) is 56.0 Å². The largest absolute Gasteiger partial charge is 0.454 e. The summed E-state index contributed by atoms with van der Waals surface area (Å²) in [4.78, 5) is 19.6. The van der Waals surface area contributed by atoms with E-state index in [0.29, 0.717) is 25.0 Å². The number of piperidine rings is 1. The highest BCUT2D eigenvalue weighted by atomic mass is 16.7. The summed E-state index contributed by atoms with van der Waals surface area (Å²) in [6, 6.07) is 10.1. The number of ether oxygens (including phenoxy) is 2. The van der Waals surface area contributed by atoms with Gasteiger partial charge in [0.05, 0.1) is 11.7 Å². The Morgan fingerprint density at radius 1 is 1.19 bits per heavy atom. The Morgan fingerprint density at radius 2 is 1.94 bits per heavy atom. The number of carbonyl (C=O) groups excluding carboxylic acids is 1. The SMILES string of the molecule is Cc1cc2c(cc1CN1CCC(C(NC(=O)CC(C)C)c3ccccn3)CC1)OCO2. The van der Waals surface area contributed by atoms with E-state index in [4.69, 9.17) is 9.47 Å².